The third kappa shape index (κ3) is 4.37. The van der Waals surface area contributed by atoms with E-state index in [1.807, 2.05) is 30.3 Å². The average Bonchev–Trinajstić information content (AvgIpc) is 2.92. The van der Waals surface area contributed by atoms with Gasteiger partial charge >= 0.3 is 0 Å². The number of nitrogens with two attached hydrogens (primary N) is 1. The van der Waals surface area contributed by atoms with Gasteiger partial charge in [-0.25, -0.2) is 8.42 Å². The molecule has 1 aromatic carbocycles. The van der Waals surface area contributed by atoms with Crippen molar-refractivity contribution in [3.05, 3.63) is 51.8 Å². The number of thiophene rings is 1. The monoisotopic (exact) mass is 388 g/mol. The van der Waals surface area contributed by atoms with Crippen molar-refractivity contribution in [3.8, 4) is 0 Å². The number of benzene rings is 1. The van der Waals surface area contributed by atoms with Crippen LogP contribution in [0, 0.1) is 0 Å². The maximum Gasteiger partial charge on any atom is 0.252 e. The highest BCUT2D eigenvalue weighted by Crippen LogP contribution is 2.29. The molecular weight excluding hydrogens is 372 g/mol. The first-order chi connectivity index (χ1) is 10.0. The summed E-state index contributed by atoms with van der Waals surface area (Å²) in [6.07, 6.45) is 0.638. The Morgan fingerprint density at radius 3 is 2.43 bits per heavy atom. The molecule has 1 aromatic heterocycles. The zero-order chi connectivity index (χ0) is 15.3. The van der Waals surface area contributed by atoms with Gasteiger partial charge in [-0.3, -0.25) is 0 Å². The molecule has 0 atom stereocenters. The maximum absolute atomic E-state index is 12.7. The molecule has 0 radical (unpaired) electrons. The molecule has 2 N–H and O–H groups in total. The average molecular weight is 389 g/mol. The number of sulfonamides is 1. The fourth-order valence-corrected chi connectivity index (χ4v) is 5.53. The Hall–Kier alpha value is -0.730. The van der Waals surface area contributed by atoms with Gasteiger partial charge in [0, 0.05) is 13.1 Å². The molecule has 0 amide bonds. The lowest BCUT2D eigenvalue weighted by Crippen LogP contribution is -2.32. The minimum atomic E-state index is -3.48. The van der Waals surface area contributed by atoms with Gasteiger partial charge in [-0.05, 0) is 46.6 Å². The molecule has 0 saturated carbocycles. The van der Waals surface area contributed by atoms with Gasteiger partial charge in [0.05, 0.1) is 3.79 Å². The van der Waals surface area contributed by atoms with E-state index in [-0.39, 0.29) is 0 Å². The van der Waals surface area contributed by atoms with Crippen LogP contribution in [0.2, 0.25) is 0 Å². The van der Waals surface area contributed by atoms with E-state index >= 15 is 0 Å². The predicted octanol–water partition coefficient (Wildman–Crippen LogP) is 3.05. The van der Waals surface area contributed by atoms with Gasteiger partial charge in [0.15, 0.2) is 0 Å². The van der Waals surface area contributed by atoms with Crippen LogP contribution >= 0.6 is 27.3 Å². The summed E-state index contributed by atoms with van der Waals surface area (Å²) in [6.45, 7) is 1.25. The topological polar surface area (TPSA) is 63.4 Å². The Labute approximate surface area is 137 Å². The first kappa shape index (κ1) is 16.6. The van der Waals surface area contributed by atoms with Crippen molar-refractivity contribution >= 4 is 37.3 Å². The fraction of sp³-hybridized carbons (Fsp3) is 0.286. The van der Waals surface area contributed by atoms with E-state index in [0.717, 1.165) is 9.35 Å². The third-order valence-corrected chi connectivity index (χ3v) is 6.89. The highest BCUT2D eigenvalue weighted by Gasteiger charge is 2.25. The molecule has 2 rings (SSSR count). The van der Waals surface area contributed by atoms with Crippen LogP contribution in [0.1, 0.15) is 12.0 Å². The summed E-state index contributed by atoms with van der Waals surface area (Å²) in [5.74, 6) is 0. The highest BCUT2D eigenvalue weighted by molar-refractivity contribution is 9.11. The number of hydrogen-bond acceptors (Lipinski definition) is 4. The fourth-order valence-electron chi connectivity index (χ4n) is 1.90. The molecule has 2 aromatic rings. The molecule has 7 heteroatoms. The van der Waals surface area contributed by atoms with Gasteiger partial charge in [0.25, 0.3) is 10.0 Å². The van der Waals surface area contributed by atoms with E-state index in [2.05, 4.69) is 15.9 Å². The zero-order valence-corrected chi connectivity index (χ0v) is 14.6. The molecule has 1 heterocycles. The summed E-state index contributed by atoms with van der Waals surface area (Å²) < 4.78 is 28.1. The first-order valence-electron chi connectivity index (χ1n) is 6.53. The van der Waals surface area contributed by atoms with Crippen LogP contribution in [0.15, 0.2) is 50.5 Å². The minimum Gasteiger partial charge on any atom is -0.330 e. The Balaban J connectivity index is 2.26. The summed E-state index contributed by atoms with van der Waals surface area (Å²) in [7, 11) is -3.48. The van der Waals surface area contributed by atoms with Crippen molar-refractivity contribution in [1.82, 2.24) is 4.31 Å². The van der Waals surface area contributed by atoms with Gasteiger partial charge in [-0.15, -0.1) is 11.3 Å². The summed E-state index contributed by atoms with van der Waals surface area (Å²) in [6, 6.07) is 13.0. The lowest BCUT2D eigenvalue weighted by molar-refractivity contribution is 0.403. The van der Waals surface area contributed by atoms with E-state index in [1.165, 1.54) is 15.6 Å². The third-order valence-electron chi connectivity index (χ3n) is 2.96. The van der Waals surface area contributed by atoms with Crippen LogP contribution in [-0.4, -0.2) is 25.8 Å². The molecule has 0 aliphatic carbocycles. The second-order valence-electron chi connectivity index (χ2n) is 4.52. The Morgan fingerprint density at radius 1 is 1.14 bits per heavy atom. The largest absolute Gasteiger partial charge is 0.330 e. The van der Waals surface area contributed by atoms with Crippen molar-refractivity contribution in [2.75, 3.05) is 13.1 Å². The second-order valence-corrected chi connectivity index (χ2v) is 9.15. The molecular formula is C14H17BrN2O2S2. The van der Waals surface area contributed by atoms with Gasteiger partial charge in [-0.2, -0.15) is 4.31 Å². The van der Waals surface area contributed by atoms with Crippen molar-refractivity contribution in [2.24, 2.45) is 5.73 Å². The van der Waals surface area contributed by atoms with Crippen LogP contribution in [0.25, 0.3) is 0 Å². The molecule has 0 aliphatic rings. The Kier molecular flexibility index (Phi) is 5.95. The van der Waals surface area contributed by atoms with Crippen LogP contribution in [0.3, 0.4) is 0 Å². The van der Waals surface area contributed by atoms with Gasteiger partial charge in [0.2, 0.25) is 0 Å². The minimum absolute atomic E-state index is 0.349. The number of halogens is 1. The smallest absolute Gasteiger partial charge is 0.252 e. The SMILES string of the molecule is NCCCN(Cc1ccccc1)S(=O)(=O)c1ccc(Br)s1. The second kappa shape index (κ2) is 7.51. The Morgan fingerprint density at radius 2 is 1.86 bits per heavy atom. The molecule has 0 spiro atoms. The normalized spacial score (nSPS) is 12.0. The van der Waals surface area contributed by atoms with E-state index < -0.39 is 10.0 Å². The van der Waals surface area contributed by atoms with Crippen molar-refractivity contribution in [2.45, 2.75) is 17.2 Å². The molecule has 4 nitrogen and oxygen atoms in total. The van der Waals surface area contributed by atoms with E-state index in [4.69, 9.17) is 5.73 Å². The number of rotatable bonds is 7. The molecule has 0 bridgehead atoms. The lowest BCUT2D eigenvalue weighted by atomic mass is 10.2. The standard InChI is InChI=1S/C14H17BrN2O2S2/c15-13-7-8-14(20-13)21(18,19)17(10-4-9-16)11-12-5-2-1-3-6-12/h1-3,5-8H,4,9-11,16H2. The van der Waals surface area contributed by atoms with Crippen LogP contribution < -0.4 is 5.73 Å². The van der Waals surface area contributed by atoms with Gasteiger partial charge < -0.3 is 5.73 Å². The van der Waals surface area contributed by atoms with E-state index in [0.29, 0.717) is 30.3 Å². The summed E-state index contributed by atoms with van der Waals surface area (Å²) in [5, 5.41) is 0. The highest BCUT2D eigenvalue weighted by atomic mass is 79.9. The zero-order valence-electron chi connectivity index (χ0n) is 11.4. The quantitative estimate of drug-likeness (QED) is 0.792. The summed E-state index contributed by atoms with van der Waals surface area (Å²) in [5.41, 5.74) is 6.50. The predicted molar refractivity (Wildman–Crippen MR) is 89.7 cm³/mol. The van der Waals surface area contributed by atoms with Crippen molar-refractivity contribution in [1.29, 1.82) is 0 Å². The molecule has 21 heavy (non-hydrogen) atoms. The summed E-state index contributed by atoms with van der Waals surface area (Å²) in [4.78, 5) is 0. The van der Waals surface area contributed by atoms with E-state index in [1.54, 1.807) is 12.1 Å². The molecule has 0 fully saturated rings. The van der Waals surface area contributed by atoms with Crippen LogP contribution in [-0.2, 0) is 16.6 Å². The first-order valence-corrected chi connectivity index (χ1v) is 9.58. The molecule has 0 saturated heterocycles. The van der Waals surface area contributed by atoms with Crippen molar-refractivity contribution in [3.63, 3.8) is 0 Å². The number of nitrogens with zero attached hydrogens (tertiary/aromatic N) is 1. The molecule has 0 unspecified atom stereocenters. The number of hydrogen-bond donors (Lipinski definition) is 1. The lowest BCUT2D eigenvalue weighted by Gasteiger charge is -2.21. The van der Waals surface area contributed by atoms with Crippen molar-refractivity contribution < 1.29 is 8.42 Å². The molecule has 114 valence electrons. The van der Waals surface area contributed by atoms with Crippen LogP contribution in [0.5, 0.6) is 0 Å². The summed E-state index contributed by atoms with van der Waals surface area (Å²) >= 11 is 4.53. The Bertz CT molecular complexity index is 671. The van der Waals surface area contributed by atoms with Gasteiger partial charge in [0.1, 0.15) is 4.21 Å². The van der Waals surface area contributed by atoms with Crippen LogP contribution in [0.4, 0.5) is 0 Å². The molecule has 0 aliphatic heterocycles. The van der Waals surface area contributed by atoms with E-state index in [9.17, 15) is 8.42 Å². The maximum atomic E-state index is 12.7. The van der Waals surface area contributed by atoms with Gasteiger partial charge in [-0.1, -0.05) is 30.3 Å².